The van der Waals surface area contributed by atoms with Gasteiger partial charge in [-0.1, -0.05) is 41.9 Å². The largest absolute Gasteiger partial charge is 0.361 e. The summed E-state index contributed by atoms with van der Waals surface area (Å²) in [4.78, 5) is 0. The van der Waals surface area contributed by atoms with Crippen molar-refractivity contribution < 1.29 is 0 Å². The van der Waals surface area contributed by atoms with E-state index in [1.807, 2.05) is 42.6 Å². The Morgan fingerprint density at radius 1 is 0.889 bits per heavy atom. The van der Waals surface area contributed by atoms with Gasteiger partial charge in [0, 0.05) is 16.9 Å². The molecule has 1 nitrogen and oxygen atoms in total. The number of hydrogen-bond acceptors (Lipinski definition) is 1. The average molecular weight is 254 g/mol. The minimum Gasteiger partial charge on any atom is -0.361 e. The van der Waals surface area contributed by atoms with Crippen LogP contribution in [0.25, 0.3) is 11.6 Å². The molecule has 0 saturated carbocycles. The standard InChI is InChI=1S/C16H12ClN/c17-15-7-5-12(6-8-15)13-9-10-18-16-4-2-1-3-14(16)11-13/h1-11,18H. The normalized spacial score (nSPS) is 13.3. The number of anilines is 1. The summed E-state index contributed by atoms with van der Waals surface area (Å²) in [6.45, 7) is 0. The highest BCUT2D eigenvalue weighted by atomic mass is 35.5. The fourth-order valence-electron chi connectivity index (χ4n) is 2.01. The van der Waals surface area contributed by atoms with Gasteiger partial charge in [0.2, 0.25) is 0 Å². The molecule has 0 bridgehead atoms. The van der Waals surface area contributed by atoms with E-state index in [-0.39, 0.29) is 0 Å². The number of allylic oxidation sites excluding steroid dienone is 2. The second kappa shape index (κ2) is 4.71. The first-order chi connectivity index (χ1) is 8.83. The summed E-state index contributed by atoms with van der Waals surface area (Å²) in [6, 6.07) is 16.1. The lowest BCUT2D eigenvalue weighted by Crippen LogP contribution is -1.87. The van der Waals surface area contributed by atoms with E-state index in [0.717, 1.165) is 16.3 Å². The summed E-state index contributed by atoms with van der Waals surface area (Å²) in [5.74, 6) is 0. The van der Waals surface area contributed by atoms with Gasteiger partial charge in [0.1, 0.15) is 0 Å². The zero-order chi connectivity index (χ0) is 12.4. The third-order valence-electron chi connectivity index (χ3n) is 2.95. The summed E-state index contributed by atoms with van der Waals surface area (Å²) in [7, 11) is 0. The van der Waals surface area contributed by atoms with Crippen molar-refractivity contribution in [1.29, 1.82) is 0 Å². The second-order valence-electron chi connectivity index (χ2n) is 4.17. The highest BCUT2D eigenvalue weighted by Gasteiger charge is 2.04. The summed E-state index contributed by atoms with van der Waals surface area (Å²) in [6.07, 6.45) is 6.21. The van der Waals surface area contributed by atoms with Gasteiger partial charge in [-0.2, -0.15) is 0 Å². The summed E-state index contributed by atoms with van der Waals surface area (Å²) < 4.78 is 0. The maximum atomic E-state index is 5.91. The predicted molar refractivity (Wildman–Crippen MR) is 78.5 cm³/mol. The summed E-state index contributed by atoms with van der Waals surface area (Å²) in [5.41, 5.74) is 4.64. The van der Waals surface area contributed by atoms with Crippen molar-refractivity contribution >= 4 is 28.9 Å². The SMILES string of the molecule is Clc1ccc(C2=Cc3ccccc3NC=C2)cc1. The van der Waals surface area contributed by atoms with Gasteiger partial charge in [-0.15, -0.1) is 0 Å². The Labute approximate surface area is 111 Å². The molecule has 0 saturated heterocycles. The molecular formula is C16H12ClN. The monoisotopic (exact) mass is 253 g/mol. The minimum absolute atomic E-state index is 0.760. The molecule has 0 unspecified atom stereocenters. The Hall–Kier alpha value is -1.99. The van der Waals surface area contributed by atoms with Crippen LogP contribution in [0.3, 0.4) is 0 Å². The van der Waals surface area contributed by atoms with Gasteiger partial charge < -0.3 is 5.32 Å². The molecule has 1 aliphatic rings. The lowest BCUT2D eigenvalue weighted by molar-refractivity contribution is 1.57. The molecule has 0 radical (unpaired) electrons. The molecule has 0 aromatic heterocycles. The minimum atomic E-state index is 0.760. The predicted octanol–water partition coefficient (Wildman–Crippen LogP) is 4.82. The lowest BCUT2D eigenvalue weighted by atomic mass is 10.0. The molecule has 0 spiro atoms. The van der Waals surface area contributed by atoms with Gasteiger partial charge in [-0.25, -0.2) is 0 Å². The van der Waals surface area contributed by atoms with Crippen LogP contribution in [0.4, 0.5) is 5.69 Å². The van der Waals surface area contributed by atoms with Crippen molar-refractivity contribution in [3.05, 3.63) is 77.0 Å². The molecule has 88 valence electrons. The molecule has 2 aromatic carbocycles. The number of halogens is 1. The van der Waals surface area contributed by atoms with Gasteiger partial charge in [0.05, 0.1) is 0 Å². The number of rotatable bonds is 1. The molecule has 0 fully saturated rings. The van der Waals surface area contributed by atoms with Crippen LogP contribution in [0.5, 0.6) is 0 Å². The highest BCUT2D eigenvalue weighted by Crippen LogP contribution is 2.27. The molecule has 2 heteroatoms. The number of benzene rings is 2. The van der Waals surface area contributed by atoms with Crippen molar-refractivity contribution in [3.63, 3.8) is 0 Å². The van der Waals surface area contributed by atoms with E-state index >= 15 is 0 Å². The fourth-order valence-corrected chi connectivity index (χ4v) is 2.14. The van der Waals surface area contributed by atoms with E-state index in [4.69, 9.17) is 11.6 Å². The number of hydrogen-bond donors (Lipinski definition) is 1. The topological polar surface area (TPSA) is 12.0 Å². The Balaban J connectivity index is 2.07. The zero-order valence-corrected chi connectivity index (χ0v) is 10.5. The Kier molecular flexibility index (Phi) is 2.91. The molecule has 0 amide bonds. The maximum Gasteiger partial charge on any atom is 0.0453 e. The van der Waals surface area contributed by atoms with Crippen LogP contribution in [0.1, 0.15) is 11.1 Å². The van der Waals surface area contributed by atoms with Crippen LogP contribution in [-0.4, -0.2) is 0 Å². The first-order valence-corrected chi connectivity index (χ1v) is 6.20. The lowest BCUT2D eigenvalue weighted by Gasteiger charge is -2.04. The average Bonchev–Trinajstić information content (AvgIpc) is 2.61. The van der Waals surface area contributed by atoms with Crippen molar-refractivity contribution in [2.75, 3.05) is 5.32 Å². The van der Waals surface area contributed by atoms with Crippen LogP contribution in [0.2, 0.25) is 5.02 Å². The van der Waals surface area contributed by atoms with E-state index in [1.165, 1.54) is 11.1 Å². The smallest absolute Gasteiger partial charge is 0.0453 e. The number of nitrogens with one attached hydrogen (secondary N) is 1. The van der Waals surface area contributed by atoms with Gasteiger partial charge in [0.15, 0.2) is 0 Å². The third-order valence-corrected chi connectivity index (χ3v) is 3.20. The Morgan fingerprint density at radius 2 is 1.67 bits per heavy atom. The van der Waals surface area contributed by atoms with Crippen molar-refractivity contribution in [3.8, 4) is 0 Å². The molecule has 0 aliphatic carbocycles. The van der Waals surface area contributed by atoms with E-state index in [2.05, 4.69) is 29.6 Å². The summed E-state index contributed by atoms with van der Waals surface area (Å²) >= 11 is 5.91. The Bertz CT molecular complexity index is 624. The van der Waals surface area contributed by atoms with Crippen LogP contribution in [0.15, 0.2) is 60.8 Å². The quantitative estimate of drug-likeness (QED) is 0.768. The molecular weight excluding hydrogens is 242 g/mol. The fraction of sp³-hybridized carbons (Fsp3) is 0. The van der Waals surface area contributed by atoms with Gasteiger partial charge in [0.25, 0.3) is 0 Å². The van der Waals surface area contributed by atoms with Crippen molar-refractivity contribution in [1.82, 2.24) is 0 Å². The molecule has 1 aliphatic heterocycles. The molecule has 3 rings (SSSR count). The van der Waals surface area contributed by atoms with E-state index in [1.54, 1.807) is 0 Å². The van der Waals surface area contributed by atoms with Crippen molar-refractivity contribution in [2.45, 2.75) is 0 Å². The Morgan fingerprint density at radius 3 is 2.50 bits per heavy atom. The van der Waals surface area contributed by atoms with Gasteiger partial charge >= 0.3 is 0 Å². The molecule has 0 atom stereocenters. The van der Waals surface area contributed by atoms with Crippen LogP contribution in [-0.2, 0) is 0 Å². The first-order valence-electron chi connectivity index (χ1n) is 5.83. The number of para-hydroxylation sites is 1. The van der Waals surface area contributed by atoms with Gasteiger partial charge in [-0.05, 0) is 47.1 Å². The molecule has 18 heavy (non-hydrogen) atoms. The highest BCUT2D eigenvalue weighted by molar-refractivity contribution is 6.30. The zero-order valence-electron chi connectivity index (χ0n) is 9.73. The first kappa shape index (κ1) is 11.1. The van der Waals surface area contributed by atoms with Crippen molar-refractivity contribution in [2.24, 2.45) is 0 Å². The van der Waals surface area contributed by atoms with E-state index < -0.39 is 0 Å². The van der Waals surface area contributed by atoms with E-state index in [0.29, 0.717) is 0 Å². The van der Waals surface area contributed by atoms with Crippen LogP contribution >= 0.6 is 11.6 Å². The second-order valence-corrected chi connectivity index (χ2v) is 4.61. The van der Waals surface area contributed by atoms with E-state index in [9.17, 15) is 0 Å². The number of fused-ring (bicyclic) bond motifs is 1. The summed E-state index contributed by atoms with van der Waals surface area (Å²) in [5, 5.41) is 4.04. The molecule has 1 heterocycles. The van der Waals surface area contributed by atoms with Crippen LogP contribution in [0, 0.1) is 0 Å². The maximum absolute atomic E-state index is 5.91. The molecule has 1 N–H and O–H groups in total. The molecule has 2 aromatic rings. The van der Waals surface area contributed by atoms with Gasteiger partial charge in [-0.3, -0.25) is 0 Å². The third kappa shape index (κ3) is 2.18. The van der Waals surface area contributed by atoms with Crippen LogP contribution < -0.4 is 5.32 Å².